The van der Waals surface area contributed by atoms with Gasteiger partial charge < -0.3 is 20.5 Å². The van der Waals surface area contributed by atoms with Crippen molar-refractivity contribution in [2.24, 2.45) is 23.5 Å². The molecule has 5 heteroatoms. The number of hydrogen-bond acceptors (Lipinski definition) is 4. The van der Waals surface area contributed by atoms with Crippen LogP contribution < -0.4 is 20.5 Å². The minimum atomic E-state index is 0.111. The summed E-state index contributed by atoms with van der Waals surface area (Å²) in [4.78, 5) is 12.6. The monoisotopic (exact) mass is 346 g/mol. The van der Waals surface area contributed by atoms with Gasteiger partial charge in [-0.25, -0.2) is 0 Å². The van der Waals surface area contributed by atoms with E-state index < -0.39 is 0 Å². The van der Waals surface area contributed by atoms with Gasteiger partial charge in [0.05, 0.1) is 13.7 Å². The van der Waals surface area contributed by atoms with Gasteiger partial charge in [0, 0.05) is 18.5 Å². The molecule has 2 aliphatic rings. The van der Waals surface area contributed by atoms with E-state index in [-0.39, 0.29) is 11.8 Å². The summed E-state index contributed by atoms with van der Waals surface area (Å²) in [6.45, 7) is 3.04. The van der Waals surface area contributed by atoms with Gasteiger partial charge in [-0.2, -0.15) is 0 Å². The Bertz CT molecular complexity index is 591. The molecular weight excluding hydrogens is 316 g/mol. The standard InChI is InChI=1S/C20H30N2O3/c1-3-25-18-9-13(7-8-17(18)24-2)12-22-20(23)16-10-14-5-4-6-15(11-16)19(14)21/h7-9,14-16,19H,3-6,10-12,21H2,1-2H3,(H,22,23). The van der Waals surface area contributed by atoms with Gasteiger partial charge in [-0.3, -0.25) is 4.79 Å². The van der Waals surface area contributed by atoms with Gasteiger partial charge in [0.25, 0.3) is 0 Å². The SMILES string of the molecule is CCOc1cc(CNC(=O)C2CC3CCCC(C2)C3N)ccc1OC. The van der Waals surface area contributed by atoms with E-state index in [4.69, 9.17) is 15.2 Å². The fraction of sp³-hybridized carbons (Fsp3) is 0.650. The van der Waals surface area contributed by atoms with Crippen molar-refractivity contribution in [3.05, 3.63) is 23.8 Å². The number of benzene rings is 1. The number of nitrogens with two attached hydrogens (primary N) is 1. The molecule has 2 bridgehead atoms. The van der Waals surface area contributed by atoms with Gasteiger partial charge in [0.1, 0.15) is 0 Å². The lowest BCUT2D eigenvalue weighted by molar-refractivity contribution is -0.128. The first-order chi connectivity index (χ1) is 12.1. The van der Waals surface area contributed by atoms with E-state index in [2.05, 4.69) is 5.32 Å². The summed E-state index contributed by atoms with van der Waals surface area (Å²) < 4.78 is 10.9. The Balaban J connectivity index is 1.58. The van der Waals surface area contributed by atoms with Crippen LogP contribution in [0.5, 0.6) is 11.5 Å². The summed E-state index contributed by atoms with van der Waals surface area (Å²) >= 11 is 0. The molecule has 2 aliphatic carbocycles. The van der Waals surface area contributed by atoms with Gasteiger partial charge in [0.15, 0.2) is 11.5 Å². The van der Waals surface area contributed by atoms with E-state index in [1.807, 2.05) is 25.1 Å². The molecule has 2 unspecified atom stereocenters. The third-order valence-corrected chi connectivity index (χ3v) is 5.78. The predicted octanol–water partition coefficient (Wildman–Crippen LogP) is 2.86. The highest BCUT2D eigenvalue weighted by molar-refractivity contribution is 5.78. The summed E-state index contributed by atoms with van der Waals surface area (Å²) in [5, 5.41) is 3.10. The molecule has 25 heavy (non-hydrogen) atoms. The van der Waals surface area contributed by atoms with Crippen LogP contribution in [0.25, 0.3) is 0 Å². The van der Waals surface area contributed by atoms with E-state index in [9.17, 15) is 4.79 Å². The van der Waals surface area contributed by atoms with E-state index >= 15 is 0 Å². The molecule has 0 saturated heterocycles. The second-order valence-corrected chi connectivity index (χ2v) is 7.33. The summed E-state index contributed by atoms with van der Waals surface area (Å²) in [5.41, 5.74) is 7.35. The number of fused-ring (bicyclic) bond motifs is 2. The smallest absolute Gasteiger partial charge is 0.223 e. The fourth-order valence-electron chi connectivity index (χ4n) is 4.44. The Kier molecular flexibility index (Phi) is 5.84. The van der Waals surface area contributed by atoms with Crippen LogP contribution in [0.15, 0.2) is 18.2 Å². The van der Waals surface area contributed by atoms with Crippen molar-refractivity contribution >= 4 is 5.91 Å². The molecule has 3 rings (SSSR count). The van der Waals surface area contributed by atoms with Crippen molar-refractivity contribution in [2.45, 2.75) is 51.6 Å². The van der Waals surface area contributed by atoms with Crippen LogP contribution in [-0.2, 0) is 11.3 Å². The fourth-order valence-corrected chi connectivity index (χ4v) is 4.44. The normalized spacial score (nSPS) is 28.3. The highest BCUT2D eigenvalue weighted by Crippen LogP contribution is 2.41. The summed E-state index contributed by atoms with van der Waals surface area (Å²) in [7, 11) is 1.63. The Morgan fingerprint density at radius 2 is 1.96 bits per heavy atom. The number of hydrogen-bond donors (Lipinski definition) is 2. The molecular formula is C20H30N2O3. The second-order valence-electron chi connectivity index (χ2n) is 7.33. The molecule has 0 spiro atoms. The number of carbonyl (C=O) groups is 1. The highest BCUT2D eigenvalue weighted by atomic mass is 16.5. The van der Waals surface area contributed by atoms with E-state index in [1.54, 1.807) is 7.11 Å². The lowest BCUT2D eigenvalue weighted by Gasteiger charge is -2.43. The molecule has 5 nitrogen and oxygen atoms in total. The van der Waals surface area contributed by atoms with E-state index in [1.165, 1.54) is 19.3 Å². The Morgan fingerprint density at radius 1 is 1.24 bits per heavy atom. The van der Waals surface area contributed by atoms with Crippen LogP contribution in [0, 0.1) is 17.8 Å². The first-order valence-electron chi connectivity index (χ1n) is 9.45. The van der Waals surface area contributed by atoms with Crippen LogP contribution in [0.4, 0.5) is 0 Å². The number of nitrogens with one attached hydrogen (secondary N) is 1. The average molecular weight is 346 g/mol. The molecule has 0 radical (unpaired) electrons. The molecule has 1 amide bonds. The molecule has 2 saturated carbocycles. The third-order valence-electron chi connectivity index (χ3n) is 5.78. The number of rotatable bonds is 6. The first-order valence-corrected chi connectivity index (χ1v) is 9.45. The molecule has 0 aromatic heterocycles. The topological polar surface area (TPSA) is 73.6 Å². The molecule has 2 fully saturated rings. The Hall–Kier alpha value is -1.75. The van der Waals surface area contributed by atoms with Crippen LogP contribution in [0.1, 0.15) is 44.6 Å². The number of carbonyl (C=O) groups excluding carboxylic acids is 1. The van der Waals surface area contributed by atoms with Gasteiger partial charge in [-0.05, 0) is 62.1 Å². The molecule has 138 valence electrons. The van der Waals surface area contributed by atoms with Crippen molar-refractivity contribution in [2.75, 3.05) is 13.7 Å². The first kappa shape index (κ1) is 18.1. The van der Waals surface area contributed by atoms with Crippen LogP contribution in [0.2, 0.25) is 0 Å². The Morgan fingerprint density at radius 3 is 2.60 bits per heavy atom. The van der Waals surface area contributed by atoms with Crippen molar-refractivity contribution in [1.29, 1.82) is 0 Å². The van der Waals surface area contributed by atoms with Gasteiger partial charge in [-0.15, -0.1) is 0 Å². The van der Waals surface area contributed by atoms with Crippen molar-refractivity contribution in [3.8, 4) is 11.5 Å². The number of amides is 1. The Labute approximate surface area is 150 Å². The van der Waals surface area contributed by atoms with Gasteiger partial charge in [-0.1, -0.05) is 12.5 Å². The lowest BCUT2D eigenvalue weighted by atomic mass is 9.65. The summed E-state index contributed by atoms with van der Waals surface area (Å²) in [6.07, 6.45) is 5.51. The maximum absolute atomic E-state index is 12.6. The molecule has 2 atom stereocenters. The highest BCUT2D eigenvalue weighted by Gasteiger charge is 2.40. The largest absolute Gasteiger partial charge is 0.493 e. The average Bonchev–Trinajstić information content (AvgIpc) is 2.60. The van der Waals surface area contributed by atoms with Crippen molar-refractivity contribution in [3.63, 3.8) is 0 Å². The van der Waals surface area contributed by atoms with Crippen molar-refractivity contribution in [1.82, 2.24) is 5.32 Å². The van der Waals surface area contributed by atoms with Crippen LogP contribution in [-0.4, -0.2) is 25.7 Å². The zero-order valence-corrected chi connectivity index (χ0v) is 15.3. The molecule has 1 aromatic carbocycles. The second kappa shape index (κ2) is 8.09. The molecule has 1 aromatic rings. The van der Waals surface area contributed by atoms with Crippen molar-refractivity contribution < 1.29 is 14.3 Å². The van der Waals surface area contributed by atoms with Gasteiger partial charge in [0.2, 0.25) is 5.91 Å². The van der Waals surface area contributed by atoms with Crippen LogP contribution >= 0.6 is 0 Å². The molecule has 3 N–H and O–H groups in total. The predicted molar refractivity (Wildman–Crippen MR) is 97.5 cm³/mol. The maximum Gasteiger partial charge on any atom is 0.223 e. The summed E-state index contributed by atoms with van der Waals surface area (Å²) in [6, 6.07) is 6.09. The van der Waals surface area contributed by atoms with Crippen LogP contribution in [0.3, 0.4) is 0 Å². The maximum atomic E-state index is 12.6. The van der Waals surface area contributed by atoms with E-state index in [0.29, 0.717) is 36.8 Å². The quantitative estimate of drug-likeness (QED) is 0.831. The zero-order valence-electron chi connectivity index (χ0n) is 15.3. The number of ether oxygens (including phenoxy) is 2. The molecule has 0 aliphatic heterocycles. The minimum Gasteiger partial charge on any atom is -0.493 e. The van der Waals surface area contributed by atoms with E-state index in [0.717, 1.165) is 24.2 Å². The minimum absolute atomic E-state index is 0.111. The summed E-state index contributed by atoms with van der Waals surface area (Å²) in [5.74, 6) is 2.75. The lowest BCUT2D eigenvalue weighted by Crippen LogP contribution is -2.49. The van der Waals surface area contributed by atoms with Gasteiger partial charge >= 0.3 is 0 Å². The third kappa shape index (κ3) is 4.09. The number of methoxy groups -OCH3 is 1. The zero-order chi connectivity index (χ0) is 17.8. The molecule has 0 heterocycles.